The van der Waals surface area contributed by atoms with Crippen LogP contribution < -0.4 is 45.7 Å². The molecule has 0 aromatic carbocycles. The standard InChI is InChI=1S/C3H6N6O3S.Na/c4-1-6-2(5)8-3(7-1)9-13(10,11)12;/h(H,10,11,12)(H5,4,5,6,7,8,9);/q;+1/p-1. The molecule has 9 nitrogen and oxygen atoms in total. The van der Waals surface area contributed by atoms with Gasteiger partial charge in [0.15, 0.2) is 10.3 Å². The Labute approximate surface area is 101 Å². The van der Waals surface area contributed by atoms with E-state index >= 15 is 0 Å². The molecule has 11 heteroatoms. The molecule has 0 radical (unpaired) electrons. The normalized spacial score (nSPS) is 10.4. The van der Waals surface area contributed by atoms with Gasteiger partial charge in [-0.15, -0.1) is 0 Å². The molecule has 0 aliphatic heterocycles. The molecule has 1 heterocycles. The van der Waals surface area contributed by atoms with E-state index in [-0.39, 0.29) is 41.5 Å². The van der Waals surface area contributed by atoms with E-state index in [1.807, 2.05) is 0 Å². The van der Waals surface area contributed by atoms with Gasteiger partial charge >= 0.3 is 29.6 Å². The van der Waals surface area contributed by atoms with Crippen LogP contribution in [-0.2, 0) is 10.3 Å². The first-order valence-electron chi connectivity index (χ1n) is 2.87. The first-order valence-corrected chi connectivity index (χ1v) is 4.28. The molecule has 14 heavy (non-hydrogen) atoms. The van der Waals surface area contributed by atoms with Crippen molar-refractivity contribution in [1.29, 1.82) is 0 Å². The van der Waals surface area contributed by atoms with E-state index in [1.54, 1.807) is 0 Å². The Morgan fingerprint density at radius 2 is 1.57 bits per heavy atom. The van der Waals surface area contributed by atoms with Gasteiger partial charge in [-0.2, -0.15) is 15.0 Å². The summed E-state index contributed by atoms with van der Waals surface area (Å²) in [4.78, 5) is 9.97. The van der Waals surface area contributed by atoms with Crippen molar-refractivity contribution in [3.05, 3.63) is 0 Å². The number of rotatable bonds is 2. The van der Waals surface area contributed by atoms with Gasteiger partial charge in [0.05, 0.1) is 0 Å². The molecule has 0 atom stereocenters. The summed E-state index contributed by atoms with van der Waals surface area (Å²) in [6.07, 6.45) is 0. The van der Waals surface area contributed by atoms with Gasteiger partial charge in [-0.25, -0.2) is 8.42 Å². The van der Waals surface area contributed by atoms with Crippen LogP contribution in [0, 0.1) is 0 Å². The largest absolute Gasteiger partial charge is 1.00 e. The molecule has 72 valence electrons. The van der Waals surface area contributed by atoms with Gasteiger partial charge in [0.25, 0.3) is 0 Å². The topological polar surface area (TPSA) is 160 Å². The van der Waals surface area contributed by atoms with Crippen molar-refractivity contribution < 1.29 is 42.5 Å². The summed E-state index contributed by atoms with van der Waals surface area (Å²) in [5, 5.41) is 0. The van der Waals surface area contributed by atoms with Gasteiger partial charge in [0.1, 0.15) is 0 Å². The van der Waals surface area contributed by atoms with Crippen molar-refractivity contribution in [2.75, 3.05) is 16.2 Å². The van der Waals surface area contributed by atoms with Gasteiger partial charge in [-0.1, -0.05) is 0 Å². The van der Waals surface area contributed by atoms with Crippen molar-refractivity contribution in [2.45, 2.75) is 0 Å². The summed E-state index contributed by atoms with van der Waals surface area (Å²) in [6.45, 7) is 0. The number of nitrogen functional groups attached to an aromatic ring is 2. The van der Waals surface area contributed by atoms with Crippen LogP contribution in [-0.4, -0.2) is 27.9 Å². The fourth-order valence-corrected chi connectivity index (χ4v) is 0.882. The zero-order chi connectivity index (χ0) is 10.1. The van der Waals surface area contributed by atoms with E-state index < -0.39 is 16.3 Å². The number of nitrogens with two attached hydrogens (primary N) is 2. The molecule has 1 aromatic rings. The first-order chi connectivity index (χ1) is 5.87. The monoisotopic (exact) mass is 228 g/mol. The second-order valence-electron chi connectivity index (χ2n) is 1.93. The SMILES string of the molecule is Nc1nc(N)nc(NS(=O)(=O)[O-])n1.[Na+]. The van der Waals surface area contributed by atoms with E-state index in [9.17, 15) is 13.0 Å². The Hall–Kier alpha value is -0.680. The summed E-state index contributed by atoms with van der Waals surface area (Å²) < 4.78 is 32.0. The third-order valence-corrected chi connectivity index (χ3v) is 1.32. The second kappa shape index (κ2) is 4.70. The molecule has 0 bridgehead atoms. The van der Waals surface area contributed by atoms with Gasteiger partial charge in [0, 0.05) is 0 Å². The van der Waals surface area contributed by atoms with Gasteiger partial charge in [-0.05, 0) is 0 Å². The molecule has 0 unspecified atom stereocenters. The van der Waals surface area contributed by atoms with Crippen molar-refractivity contribution >= 4 is 28.1 Å². The molecule has 0 amide bonds. The third kappa shape index (κ3) is 4.53. The number of hydrogen-bond donors (Lipinski definition) is 3. The fourth-order valence-electron chi connectivity index (χ4n) is 0.567. The maximum absolute atomic E-state index is 10.2. The van der Waals surface area contributed by atoms with Crippen LogP contribution in [0.4, 0.5) is 17.8 Å². The Bertz CT molecular complexity index is 400. The molecule has 1 rings (SSSR count). The molecule has 5 N–H and O–H groups in total. The van der Waals surface area contributed by atoms with Crippen molar-refractivity contribution in [2.24, 2.45) is 0 Å². The van der Waals surface area contributed by atoms with Crippen LogP contribution in [0.25, 0.3) is 0 Å². The molecule has 0 saturated carbocycles. The molecule has 0 saturated heterocycles. The minimum atomic E-state index is -4.67. The number of nitrogens with one attached hydrogen (secondary N) is 1. The second-order valence-corrected chi connectivity index (χ2v) is 3.04. The Morgan fingerprint density at radius 1 is 1.14 bits per heavy atom. The van der Waals surface area contributed by atoms with Gasteiger partial charge in [-0.3, -0.25) is 4.72 Å². The Morgan fingerprint density at radius 3 is 1.93 bits per heavy atom. The summed E-state index contributed by atoms with van der Waals surface area (Å²) in [5.74, 6) is -1.06. The number of aromatic nitrogens is 3. The van der Waals surface area contributed by atoms with Crippen LogP contribution >= 0.6 is 0 Å². The minimum Gasteiger partial charge on any atom is -0.731 e. The molecule has 0 aliphatic carbocycles. The van der Waals surface area contributed by atoms with Crippen molar-refractivity contribution in [3.63, 3.8) is 0 Å². The quantitative estimate of drug-likeness (QED) is 0.334. The predicted octanol–water partition coefficient (Wildman–Crippen LogP) is -5.09. The van der Waals surface area contributed by atoms with Crippen molar-refractivity contribution in [3.8, 4) is 0 Å². The minimum absolute atomic E-state index is 0. The summed E-state index contributed by atoms with van der Waals surface area (Å²) in [7, 11) is -4.67. The molecular weight excluding hydrogens is 223 g/mol. The molecular formula is C3H5N6NaO3S. The van der Waals surface area contributed by atoms with E-state index in [0.717, 1.165) is 0 Å². The molecule has 1 aromatic heterocycles. The first kappa shape index (κ1) is 13.3. The van der Waals surface area contributed by atoms with E-state index in [4.69, 9.17) is 11.5 Å². The maximum atomic E-state index is 10.2. The number of nitrogens with zero attached hydrogens (tertiary/aromatic N) is 3. The van der Waals surface area contributed by atoms with Crippen LogP contribution in [0.3, 0.4) is 0 Å². The van der Waals surface area contributed by atoms with Gasteiger partial charge in [0.2, 0.25) is 17.8 Å². The number of anilines is 3. The van der Waals surface area contributed by atoms with E-state index in [1.165, 1.54) is 4.72 Å². The Balaban J connectivity index is 0.00000169. The van der Waals surface area contributed by atoms with Crippen molar-refractivity contribution in [1.82, 2.24) is 15.0 Å². The molecule has 0 fully saturated rings. The van der Waals surface area contributed by atoms with Crippen LogP contribution in [0.1, 0.15) is 0 Å². The third-order valence-electron chi connectivity index (χ3n) is 0.886. The molecule has 0 spiro atoms. The smallest absolute Gasteiger partial charge is 0.731 e. The zero-order valence-corrected chi connectivity index (χ0v) is 9.95. The number of hydrogen-bond acceptors (Lipinski definition) is 8. The van der Waals surface area contributed by atoms with E-state index in [0.29, 0.717) is 0 Å². The maximum Gasteiger partial charge on any atom is 1.00 e. The summed E-state index contributed by atoms with van der Waals surface area (Å²) in [6, 6.07) is 0. The van der Waals surface area contributed by atoms with Crippen LogP contribution in [0.2, 0.25) is 0 Å². The zero-order valence-electron chi connectivity index (χ0n) is 7.13. The van der Waals surface area contributed by atoms with E-state index in [2.05, 4.69) is 15.0 Å². The average molecular weight is 228 g/mol. The van der Waals surface area contributed by atoms with Crippen LogP contribution in [0.5, 0.6) is 0 Å². The molecule has 0 aliphatic rings. The fraction of sp³-hybridized carbons (Fsp3) is 0. The Kier molecular flexibility index (Phi) is 4.48. The van der Waals surface area contributed by atoms with Gasteiger partial charge < -0.3 is 16.0 Å². The summed E-state index contributed by atoms with van der Waals surface area (Å²) in [5.41, 5.74) is 10.2. The predicted molar refractivity (Wildman–Crippen MR) is 42.0 cm³/mol. The average Bonchev–Trinajstić information content (AvgIpc) is 1.78. The van der Waals surface area contributed by atoms with Crippen LogP contribution in [0.15, 0.2) is 0 Å². The summed E-state index contributed by atoms with van der Waals surface area (Å²) >= 11 is 0.